The van der Waals surface area contributed by atoms with E-state index in [1.165, 1.54) is 32.4 Å². The molecule has 0 aromatic heterocycles. The molecule has 7 heteroatoms. The number of nitrogens with one attached hydrogen (secondary N) is 1. The zero-order chi connectivity index (χ0) is 23.2. The van der Waals surface area contributed by atoms with Gasteiger partial charge in [-0.15, -0.1) is 0 Å². The van der Waals surface area contributed by atoms with Crippen LogP contribution in [-0.4, -0.2) is 66.2 Å². The summed E-state index contributed by atoms with van der Waals surface area (Å²) in [5.41, 5.74) is 1.98. The molecule has 0 bridgehead atoms. The standard InChI is InChI=1S/C26H34Cl2N4O/c1-2-24(30-14-4-3-5-15-30)31-16-18-32(19-17-31)26(33)29-25(20-6-10-22(27)11-7-20)21-8-12-23(28)13-9-21/h6-13,24-25H,2-5,14-19H2,1H3,(H,29,33). The summed E-state index contributed by atoms with van der Waals surface area (Å²) < 4.78 is 0. The molecule has 5 nitrogen and oxygen atoms in total. The van der Waals surface area contributed by atoms with Gasteiger partial charge in [-0.2, -0.15) is 0 Å². The van der Waals surface area contributed by atoms with Crippen molar-refractivity contribution in [3.8, 4) is 0 Å². The predicted octanol–water partition coefficient (Wildman–Crippen LogP) is 5.63. The fourth-order valence-electron chi connectivity index (χ4n) is 5.07. The van der Waals surface area contributed by atoms with Gasteiger partial charge in [0.1, 0.15) is 0 Å². The van der Waals surface area contributed by atoms with Crippen molar-refractivity contribution >= 4 is 29.2 Å². The first-order valence-corrected chi connectivity index (χ1v) is 12.8. The van der Waals surface area contributed by atoms with Crippen LogP contribution in [0.25, 0.3) is 0 Å². The molecule has 1 N–H and O–H groups in total. The highest BCUT2D eigenvalue weighted by molar-refractivity contribution is 6.30. The number of nitrogens with zero attached hydrogens (tertiary/aromatic N) is 3. The molecular weight excluding hydrogens is 455 g/mol. The third-order valence-electron chi connectivity index (χ3n) is 6.87. The average Bonchev–Trinajstić information content (AvgIpc) is 2.85. The zero-order valence-electron chi connectivity index (χ0n) is 19.4. The van der Waals surface area contributed by atoms with Gasteiger partial charge in [-0.25, -0.2) is 4.79 Å². The van der Waals surface area contributed by atoms with Crippen LogP contribution in [0.5, 0.6) is 0 Å². The smallest absolute Gasteiger partial charge is 0.318 e. The second-order valence-corrected chi connectivity index (χ2v) is 9.87. The van der Waals surface area contributed by atoms with Gasteiger partial charge in [0.05, 0.1) is 12.2 Å². The predicted molar refractivity (Wildman–Crippen MR) is 136 cm³/mol. The summed E-state index contributed by atoms with van der Waals surface area (Å²) in [5, 5.41) is 4.60. The van der Waals surface area contributed by atoms with Gasteiger partial charge in [0, 0.05) is 36.2 Å². The van der Waals surface area contributed by atoms with Crippen LogP contribution in [0.2, 0.25) is 10.0 Å². The molecule has 2 fully saturated rings. The van der Waals surface area contributed by atoms with Gasteiger partial charge in [0.25, 0.3) is 0 Å². The summed E-state index contributed by atoms with van der Waals surface area (Å²) >= 11 is 12.2. The molecule has 2 saturated heterocycles. The first kappa shape index (κ1) is 24.3. The summed E-state index contributed by atoms with van der Waals surface area (Å²) in [6.07, 6.45) is 5.57. The maximum Gasteiger partial charge on any atom is 0.318 e. The van der Waals surface area contributed by atoms with E-state index in [-0.39, 0.29) is 12.1 Å². The number of hydrogen-bond acceptors (Lipinski definition) is 3. The Balaban J connectivity index is 1.41. The molecule has 0 saturated carbocycles. The van der Waals surface area contributed by atoms with Gasteiger partial charge in [0.2, 0.25) is 0 Å². The highest BCUT2D eigenvalue weighted by Crippen LogP contribution is 2.26. The Hall–Kier alpha value is -1.79. The maximum atomic E-state index is 13.3. The summed E-state index contributed by atoms with van der Waals surface area (Å²) in [4.78, 5) is 20.4. The van der Waals surface area contributed by atoms with Gasteiger partial charge < -0.3 is 10.2 Å². The molecule has 2 aromatic rings. The highest BCUT2D eigenvalue weighted by Gasteiger charge is 2.30. The van der Waals surface area contributed by atoms with Crippen LogP contribution < -0.4 is 5.32 Å². The molecule has 4 rings (SSSR count). The molecule has 2 amide bonds. The first-order chi connectivity index (χ1) is 16.0. The number of amides is 2. The Morgan fingerprint density at radius 3 is 1.76 bits per heavy atom. The fraction of sp³-hybridized carbons (Fsp3) is 0.500. The molecule has 178 valence electrons. The number of likely N-dealkylation sites (tertiary alicyclic amines) is 1. The Morgan fingerprint density at radius 1 is 0.788 bits per heavy atom. The second kappa shape index (κ2) is 11.6. The molecule has 0 spiro atoms. The molecule has 1 unspecified atom stereocenters. The van der Waals surface area contributed by atoms with Crippen LogP contribution in [0, 0.1) is 0 Å². The number of carbonyl (C=O) groups excluding carboxylic acids is 1. The lowest BCUT2D eigenvalue weighted by Gasteiger charge is -2.45. The highest BCUT2D eigenvalue weighted by atomic mass is 35.5. The first-order valence-electron chi connectivity index (χ1n) is 12.1. The third kappa shape index (κ3) is 6.21. The Kier molecular flexibility index (Phi) is 8.53. The average molecular weight is 489 g/mol. The topological polar surface area (TPSA) is 38.8 Å². The molecule has 33 heavy (non-hydrogen) atoms. The molecule has 0 aliphatic carbocycles. The summed E-state index contributed by atoms with van der Waals surface area (Å²) in [6.45, 7) is 7.98. The largest absolute Gasteiger partial charge is 0.327 e. The Bertz CT molecular complexity index is 846. The minimum Gasteiger partial charge on any atom is -0.327 e. The number of benzene rings is 2. The SMILES string of the molecule is CCC(N1CCCCC1)N1CCN(C(=O)NC(c2ccc(Cl)cc2)c2ccc(Cl)cc2)CC1. The van der Waals surface area contributed by atoms with Crippen molar-refractivity contribution in [2.45, 2.75) is 44.8 Å². The minimum absolute atomic E-state index is 0.0319. The van der Waals surface area contributed by atoms with Gasteiger partial charge in [-0.3, -0.25) is 9.80 Å². The molecular formula is C26H34Cl2N4O. The van der Waals surface area contributed by atoms with Crippen molar-refractivity contribution in [1.29, 1.82) is 0 Å². The molecule has 1 atom stereocenters. The van der Waals surface area contributed by atoms with Crippen LogP contribution >= 0.6 is 23.2 Å². The summed E-state index contributed by atoms with van der Waals surface area (Å²) in [6, 6.07) is 15.0. The van der Waals surface area contributed by atoms with E-state index in [1.54, 1.807) is 0 Å². The second-order valence-electron chi connectivity index (χ2n) is 8.99. The van der Waals surface area contributed by atoms with Crippen molar-refractivity contribution in [2.24, 2.45) is 0 Å². The summed E-state index contributed by atoms with van der Waals surface area (Å²) in [7, 11) is 0. The molecule has 2 aromatic carbocycles. The van der Waals surface area contributed by atoms with Crippen LogP contribution in [0.1, 0.15) is 49.8 Å². The Morgan fingerprint density at radius 2 is 1.27 bits per heavy atom. The van der Waals surface area contributed by atoms with E-state index in [9.17, 15) is 4.79 Å². The van der Waals surface area contributed by atoms with Gasteiger partial charge in [-0.05, 0) is 67.7 Å². The zero-order valence-corrected chi connectivity index (χ0v) is 20.9. The lowest BCUT2D eigenvalue weighted by Crippen LogP contribution is -2.58. The van der Waals surface area contributed by atoms with E-state index in [0.29, 0.717) is 16.2 Å². The third-order valence-corrected chi connectivity index (χ3v) is 7.38. The number of piperidine rings is 1. The fourth-order valence-corrected chi connectivity index (χ4v) is 5.32. The number of rotatable bonds is 6. The molecule has 2 aliphatic heterocycles. The van der Waals surface area contributed by atoms with E-state index in [2.05, 4.69) is 22.0 Å². The monoisotopic (exact) mass is 488 g/mol. The van der Waals surface area contributed by atoms with Crippen molar-refractivity contribution < 1.29 is 4.79 Å². The quantitative estimate of drug-likeness (QED) is 0.572. The minimum atomic E-state index is -0.262. The van der Waals surface area contributed by atoms with E-state index >= 15 is 0 Å². The molecule has 2 heterocycles. The van der Waals surface area contributed by atoms with E-state index in [4.69, 9.17) is 23.2 Å². The van der Waals surface area contributed by atoms with E-state index in [1.807, 2.05) is 53.4 Å². The van der Waals surface area contributed by atoms with Crippen molar-refractivity contribution in [2.75, 3.05) is 39.3 Å². The van der Waals surface area contributed by atoms with E-state index < -0.39 is 0 Å². The number of carbonyl (C=O) groups is 1. The Labute approximate surface area is 207 Å². The van der Waals surface area contributed by atoms with Gasteiger partial charge in [0.15, 0.2) is 0 Å². The summed E-state index contributed by atoms with van der Waals surface area (Å²) in [5.74, 6) is 0. The van der Waals surface area contributed by atoms with E-state index in [0.717, 1.165) is 43.7 Å². The van der Waals surface area contributed by atoms with Crippen LogP contribution in [0.15, 0.2) is 48.5 Å². The van der Waals surface area contributed by atoms with Crippen LogP contribution in [0.4, 0.5) is 4.79 Å². The molecule has 0 radical (unpaired) electrons. The van der Waals surface area contributed by atoms with Crippen molar-refractivity contribution in [3.63, 3.8) is 0 Å². The number of hydrogen-bond donors (Lipinski definition) is 1. The normalized spacial score (nSPS) is 19.0. The van der Waals surface area contributed by atoms with Crippen LogP contribution in [-0.2, 0) is 0 Å². The van der Waals surface area contributed by atoms with Crippen LogP contribution in [0.3, 0.4) is 0 Å². The number of halogens is 2. The maximum absolute atomic E-state index is 13.3. The molecule has 2 aliphatic rings. The van der Waals surface area contributed by atoms with Gasteiger partial charge >= 0.3 is 6.03 Å². The number of piperazine rings is 1. The van der Waals surface area contributed by atoms with Gasteiger partial charge in [-0.1, -0.05) is 60.8 Å². The lowest BCUT2D eigenvalue weighted by atomic mass is 9.99. The number of urea groups is 1. The van der Waals surface area contributed by atoms with Crippen molar-refractivity contribution in [3.05, 3.63) is 69.7 Å². The lowest BCUT2D eigenvalue weighted by molar-refractivity contribution is 0.00287. The van der Waals surface area contributed by atoms with Crippen molar-refractivity contribution in [1.82, 2.24) is 20.0 Å².